The van der Waals surface area contributed by atoms with Gasteiger partial charge in [-0.2, -0.15) is 0 Å². The van der Waals surface area contributed by atoms with Crippen LogP contribution in [0.25, 0.3) is 11.2 Å². The smallest absolute Gasteiger partial charge is 0.264 e. The first-order chi connectivity index (χ1) is 10.4. The number of rotatable bonds is 1. The van der Waals surface area contributed by atoms with E-state index in [1.807, 2.05) is 45.9 Å². The maximum atomic E-state index is 12.2. The van der Waals surface area contributed by atoms with E-state index in [2.05, 4.69) is 15.0 Å². The van der Waals surface area contributed by atoms with Gasteiger partial charge >= 0.3 is 0 Å². The first-order valence-corrected chi connectivity index (χ1v) is 7.09. The monoisotopic (exact) mass is 284 g/mol. The number of fused-ring (bicyclic) bond motifs is 1. The van der Waals surface area contributed by atoms with Crippen LogP contribution in [0.3, 0.4) is 0 Å². The van der Waals surface area contributed by atoms with Gasteiger partial charge in [0.1, 0.15) is 18.2 Å². The number of imidazole rings is 1. The van der Waals surface area contributed by atoms with Crippen LogP contribution in [-0.2, 0) is 0 Å². The second kappa shape index (κ2) is 8.58. The number of carbonyl (C=O) groups is 1. The van der Waals surface area contributed by atoms with E-state index in [1.165, 1.54) is 17.2 Å². The number of carbonyl (C=O) groups excluding carboxylic acids is 1. The molecule has 0 N–H and O–H groups in total. The van der Waals surface area contributed by atoms with Gasteiger partial charge in [0, 0.05) is 5.56 Å². The highest BCUT2D eigenvalue weighted by atomic mass is 16.2. The van der Waals surface area contributed by atoms with Crippen LogP contribution in [0.1, 0.15) is 38.1 Å². The molecule has 3 aromatic rings. The zero-order valence-corrected chi connectivity index (χ0v) is 12.8. The molecule has 2 heterocycles. The molecular formula is C16H20N4O. The van der Waals surface area contributed by atoms with Crippen molar-refractivity contribution >= 4 is 17.1 Å². The molecule has 0 atom stereocenters. The Bertz CT molecular complexity index is 677. The van der Waals surface area contributed by atoms with Crippen molar-refractivity contribution in [2.75, 3.05) is 0 Å². The summed E-state index contributed by atoms with van der Waals surface area (Å²) >= 11 is 0. The summed E-state index contributed by atoms with van der Waals surface area (Å²) in [4.78, 5) is 24.2. The molecule has 0 radical (unpaired) electrons. The molecule has 0 unspecified atom stereocenters. The Morgan fingerprint density at radius 3 is 2.33 bits per heavy atom. The lowest BCUT2D eigenvalue weighted by Gasteiger charge is -2.01. The molecule has 0 aliphatic carbocycles. The molecule has 0 aliphatic heterocycles. The van der Waals surface area contributed by atoms with E-state index in [0.717, 1.165) is 0 Å². The number of hydrogen-bond acceptors (Lipinski definition) is 4. The van der Waals surface area contributed by atoms with E-state index in [4.69, 9.17) is 0 Å². The number of hydrogen-bond donors (Lipinski definition) is 0. The van der Waals surface area contributed by atoms with Crippen molar-refractivity contribution in [2.24, 2.45) is 0 Å². The molecule has 0 amide bonds. The fourth-order valence-electron chi connectivity index (χ4n) is 1.64. The summed E-state index contributed by atoms with van der Waals surface area (Å²) < 4.78 is 1.42. The SMILES string of the molecule is CC.CC.O=C(c1ccccc1)n1cnc2cncnc21. The lowest BCUT2D eigenvalue weighted by Crippen LogP contribution is -2.11. The quantitative estimate of drug-likeness (QED) is 0.685. The van der Waals surface area contributed by atoms with Crippen LogP contribution in [0.2, 0.25) is 0 Å². The van der Waals surface area contributed by atoms with Gasteiger partial charge in [-0.3, -0.25) is 4.79 Å². The zero-order valence-electron chi connectivity index (χ0n) is 12.8. The van der Waals surface area contributed by atoms with Gasteiger partial charge in [0.2, 0.25) is 0 Å². The zero-order chi connectivity index (χ0) is 15.7. The Kier molecular flexibility index (Phi) is 6.74. The van der Waals surface area contributed by atoms with Crippen LogP contribution in [0.5, 0.6) is 0 Å². The van der Waals surface area contributed by atoms with Gasteiger partial charge in [-0.15, -0.1) is 0 Å². The standard InChI is InChI=1S/C12H8N4O.2C2H6/c17-12(9-4-2-1-3-5-9)16-8-15-10-6-13-7-14-11(10)16;2*1-2/h1-8H;2*1-2H3. The second-order valence-electron chi connectivity index (χ2n) is 3.52. The lowest BCUT2D eigenvalue weighted by molar-refractivity contribution is 0.0964. The van der Waals surface area contributed by atoms with Crippen molar-refractivity contribution in [3.05, 3.63) is 54.7 Å². The Hall–Kier alpha value is -2.56. The average Bonchev–Trinajstić information content (AvgIpc) is 3.03. The Morgan fingerprint density at radius 2 is 1.67 bits per heavy atom. The molecule has 3 rings (SSSR count). The third-order valence-corrected chi connectivity index (χ3v) is 2.45. The summed E-state index contributed by atoms with van der Waals surface area (Å²) in [5, 5.41) is 0. The predicted molar refractivity (Wildman–Crippen MR) is 84.2 cm³/mol. The van der Waals surface area contributed by atoms with Gasteiger partial charge in [-0.25, -0.2) is 19.5 Å². The van der Waals surface area contributed by atoms with Gasteiger partial charge in [0.05, 0.1) is 6.20 Å². The molecule has 5 heteroatoms. The highest BCUT2D eigenvalue weighted by Crippen LogP contribution is 2.10. The van der Waals surface area contributed by atoms with E-state index < -0.39 is 0 Å². The van der Waals surface area contributed by atoms with Crippen LogP contribution < -0.4 is 0 Å². The molecule has 110 valence electrons. The summed E-state index contributed by atoms with van der Waals surface area (Å²) in [5.74, 6) is -0.146. The lowest BCUT2D eigenvalue weighted by atomic mass is 10.2. The Morgan fingerprint density at radius 1 is 1.00 bits per heavy atom. The summed E-state index contributed by atoms with van der Waals surface area (Å²) in [5.41, 5.74) is 1.73. The summed E-state index contributed by atoms with van der Waals surface area (Å²) in [6.45, 7) is 8.00. The molecule has 1 aromatic carbocycles. The maximum absolute atomic E-state index is 12.2. The van der Waals surface area contributed by atoms with Crippen molar-refractivity contribution < 1.29 is 4.79 Å². The van der Waals surface area contributed by atoms with Gasteiger partial charge < -0.3 is 0 Å². The van der Waals surface area contributed by atoms with Crippen molar-refractivity contribution in [3.8, 4) is 0 Å². The van der Waals surface area contributed by atoms with Crippen molar-refractivity contribution in [1.82, 2.24) is 19.5 Å². The van der Waals surface area contributed by atoms with Crippen molar-refractivity contribution in [2.45, 2.75) is 27.7 Å². The fourth-order valence-corrected chi connectivity index (χ4v) is 1.64. The molecule has 2 aromatic heterocycles. The third kappa shape index (κ3) is 3.72. The topological polar surface area (TPSA) is 60.7 Å². The first-order valence-electron chi connectivity index (χ1n) is 7.09. The maximum Gasteiger partial charge on any atom is 0.264 e. The summed E-state index contributed by atoms with van der Waals surface area (Å²) in [7, 11) is 0. The largest absolute Gasteiger partial charge is 0.268 e. The minimum Gasteiger partial charge on any atom is -0.268 e. The summed E-state index contributed by atoms with van der Waals surface area (Å²) in [6, 6.07) is 9.03. The Labute approximate surface area is 124 Å². The van der Waals surface area contributed by atoms with Gasteiger partial charge in [0.25, 0.3) is 5.91 Å². The van der Waals surface area contributed by atoms with E-state index in [0.29, 0.717) is 16.7 Å². The molecule has 5 nitrogen and oxygen atoms in total. The Balaban J connectivity index is 0.000000510. The van der Waals surface area contributed by atoms with E-state index in [1.54, 1.807) is 18.3 Å². The fraction of sp³-hybridized carbons (Fsp3) is 0.250. The summed E-state index contributed by atoms with van der Waals surface area (Å²) in [6.07, 6.45) is 4.45. The third-order valence-electron chi connectivity index (χ3n) is 2.45. The molecule has 0 fully saturated rings. The van der Waals surface area contributed by atoms with E-state index >= 15 is 0 Å². The van der Waals surface area contributed by atoms with Crippen LogP contribution in [-0.4, -0.2) is 25.4 Å². The highest BCUT2D eigenvalue weighted by Gasteiger charge is 2.12. The second-order valence-corrected chi connectivity index (χ2v) is 3.52. The molecule has 0 spiro atoms. The molecule has 0 saturated carbocycles. The number of aromatic nitrogens is 4. The first kappa shape index (κ1) is 16.5. The normalized spacial score (nSPS) is 9.14. The minimum absolute atomic E-state index is 0.146. The van der Waals surface area contributed by atoms with E-state index in [9.17, 15) is 4.79 Å². The van der Waals surface area contributed by atoms with Crippen LogP contribution in [0.15, 0.2) is 49.2 Å². The predicted octanol–water partition coefficient (Wildman–Crippen LogP) is 3.57. The van der Waals surface area contributed by atoms with Gasteiger partial charge in [-0.05, 0) is 12.1 Å². The van der Waals surface area contributed by atoms with Crippen LogP contribution in [0.4, 0.5) is 0 Å². The van der Waals surface area contributed by atoms with Crippen LogP contribution in [0, 0.1) is 0 Å². The molecule has 0 bridgehead atoms. The molecular weight excluding hydrogens is 264 g/mol. The highest BCUT2D eigenvalue weighted by molar-refractivity contribution is 6.00. The van der Waals surface area contributed by atoms with Gasteiger partial charge in [-0.1, -0.05) is 45.9 Å². The number of benzene rings is 1. The van der Waals surface area contributed by atoms with Crippen molar-refractivity contribution in [3.63, 3.8) is 0 Å². The van der Waals surface area contributed by atoms with Crippen LogP contribution >= 0.6 is 0 Å². The van der Waals surface area contributed by atoms with E-state index in [-0.39, 0.29) is 5.91 Å². The molecule has 21 heavy (non-hydrogen) atoms. The number of nitrogens with zero attached hydrogens (tertiary/aromatic N) is 4. The molecule has 0 saturated heterocycles. The van der Waals surface area contributed by atoms with Gasteiger partial charge in [0.15, 0.2) is 5.65 Å². The molecule has 0 aliphatic rings. The average molecular weight is 284 g/mol. The minimum atomic E-state index is -0.146. The van der Waals surface area contributed by atoms with Crippen molar-refractivity contribution in [1.29, 1.82) is 0 Å².